The second-order valence-electron chi connectivity index (χ2n) is 3.10. The van der Waals surface area contributed by atoms with E-state index in [2.05, 4.69) is 4.72 Å². The lowest BCUT2D eigenvalue weighted by Gasteiger charge is -2.27. The smallest absolute Gasteiger partial charge is 0.212 e. The normalized spacial score (nSPS) is 16.5. The molecule has 0 fully saturated rings. The van der Waals surface area contributed by atoms with E-state index in [4.69, 9.17) is 11.1 Å². The van der Waals surface area contributed by atoms with Crippen LogP contribution in [0, 0.1) is 5.41 Å². The van der Waals surface area contributed by atoms with Crippen LogP contribution in [-0.2, 0) is 10.0 Å². The Bertz CT molecular complexity index is 286. The van der Waals surface area contributed by atoms with Gasteiger partial charge in [-0.2, -0.15) is 0 Å². The van der Waals surface area contributed by atoms with E-state index < -0.39 is 15.6 Å². The summed E-state index contributed by atoms with van der Waals surface area (Å²) in [6.07, 6.45) is 0.460. The first-order valence-corrected chi connectivity index (χ1v) is 5.78. The summed E-state index contributed by atoms with van der Waals surface area (Å²) in [6, 6.07) is 0. The summed E-state index contributed by atoms with van der Waals surface area (Å²) in [5.74, 6) is -0.164. The van der Waals surface area contributed by atoms with Gasteiger partial charge in [-0.1, -0.05) is 6.92 Å². The van der Waals surface area contributed by atoms with Gasteiger partial charge in [-0.05, 0) is 20.3 Å². The molecule has 78 valence electrons. The van der Waals surface area contributed by atoms with E-state index in [1.54, 1.807) is 20.8 Å². The first kappa shape index (κ1) is 12.4. The Morgan fingerprint density at radius 1 is 1.54 bits per heavy atom. The largest absolute Gasteiger partial charge is 0.386 e. The maximum atomic E-state index is 11.2. The van der Waals surface area contributed by atoms with Crippen LogP contribution in [0.3, 0.4) is 0 Å². The van der Waals surface area contributed by atoms with Crippen LogP contribution in [0.25, 0.3) is 0 Å². The molecule has 13 heavy (non-hydrogen) atoms. The Morgan fingerprint density at radius 3 is 2.23 bits per heavy atom. The second kappa shape index (κ2) is 4.06. The molecule has 0 aromatic carbocycles. The minimum absolute atomic E-state index is 0.00410. The molecule has 5 nitrogen and oxygen atoms in total. The van der Waals surface area contributed by atoms with Crippen LogP contribution in [0.2, 0.25) is 0 Å². The molecule has 0 radical (unpaired) electrons. The zero-order valence-corrected chi connectivity index (χ0v) is 9.03. The zero-order valence-electron chi connectivity index (χ0n) is 8.22. The second-order valence-corrected chi connectivity index (χ2v) is 5.12. The molecule has 0 amide bonds. The topological polar surface area (TPSA) is 96.0 Å². The first-order chi connectivity index (χ1) is 5.77. The molecule has 6 heteroatoms. The fourth-order valence-corrected chi connectivity index (χ4v) is 1.82. The number of hydrogen-bond donors (Lipinski definition) is 3. The van der Waals surface area contributed by atoms with Gasteiger partial charge in [-0.25, -0.2) is 13.1 Å². The molecule has 4 N–H and O–H groups in total. The molecule has 0 aliphatic rings. The van der Waals surface area contributed by atoms with Gasteiger partial charge < -0.3 is 5.73 Å². The quantitative estimate of drug-likeness (QED) is 0.438. The number of rotatable bonds is 5. The molecule has 1 atom stereocenters. The van der Waals surface area contributed by atoms with E-state index >= 15 is 0 Å². The van der Waals surface area contributed by atoms with Crippen molar-refractivity contribution in [3.63, 3.8) is 0 Å². The van der Waals surface area contributed by atoms with Gasteiger partial charge >= 0.3 is 0 Å². The van der Waals surface area contributed by atoms with E-state index in [1.807, 2.05) is 0 Å². The van der Waals surface area contributed by atoms with Crippen molar-refractivity contribution >= 4 is 15.9 Å². The molecule has 0 saturated heterocycles. The maximum absolute atomic E-state index is 11.2. The van der Waals surface area contributed by atoms with Crippen molar-refractivity contribution in [3.05, 3.63) is 0 Å². The Kier molecular flexibility index (Phi) is 3.87. The summed E-state index contributed by atoms with van der Waals surface area (Å²) in [7, 11) is -3.31. The summed E-state index contributed by atoms with van der Waals surface area (Å²) in [4.78, 5) is 0. The molecule has 0 spiro atoms. The van der Waals surface area contributed by atoms with Crippen molar-refractivity contribution in [2.24, 2.45) is 5.73 Å². The fraction of sp³-hybridized carbons (Fsp3) is 0.857. The number of sulfonamides is 1. The molecule has 0 aromatic heterocycles. The van der Waals surface area contributed by atoms with Crippen molar-refractivity contribution in [2.75, 3.05) is 5.75 Å². The van der Waals surface area contributed by atoms with E-state index in [0.717, 1.165) is 0 Å². The molecule has 0 aliphatic carbocycles. The maximum Gasteiger partial charge on any atom is 0.212 e. The number of hydrogen-bond acceptors (Lipinski definition) is 3. The number of amidine groups is 1. The van der Waals surface area contributed by atoms with E-state index in [0.29, 0.717) is 6.42 Å². The van der Waals surface area contributed by atoms with Crippen LogP contribution in [-0.4, -0.2) is 25.5 Å². The fourth-order valence-electron chi connectivity index (χ4n) is 0.733. The Balaban J connectivity index is 4.75. The third kappa shape index (κ3) is 3.31. The predicted octanol–water partition coefficient (Wildman–Crippen LogP) is 0.0304. The summed E-state index contributed by atoms with van der Waals surface area (Å²) in [6.45, 7) is 4.92. The molecule has 0 rings (SSSR count). The molecule has 1 unspecified atom stereocenters. The average Bonchev–Trinajstić information content (AvgIpc) is 2.03. The third-order valence-electron chi connectivity index (χ3n) is 2.06. The molecule has 0 heterocycles. The van der Waals surface area contributed by atoms with Crippen LogP contribution < -0.4 is 10.5 Å². The standard InChI is InChI=1S/C7H17N3O2S/c1-4-7(3,6(8)9)10-13(11,12)5-2/h10H,4-5H2,1-3H3,(H3,8,9). The highest BCUT2D eigenvalue weighted by atomic mass is 32.2. The Hall–Kier alpha value is -0.620. The highest BCUT2D eigenvalue weighted by Gasteiger charge is 2.30. The van der Waals surface area contributed by atoms with Crippen molar-refractivity contribution in [3.8, 4) is 0 Å². The minimum atomic E-state index is -3.31. The first-order valence-electron chi connectivity index (χ1n) is 4.13. The van der Waals surface area contributed by atoms with Crippen molar-refractivity contribution in [1.82, 2.24) is 4.72 Å². The van der Waals surface area contributed by atoms with Gasteiger partial charge in [0.15, 0.2) is 0 Å². The third-order valence-corrected chi connectivity index (χ3v) is 3.58. The van der Waals surface area contributed by atoms with Crippen molar-refractivity contribution < 1.29 is 8.42 Å². The highest BCUT2D eigenvalue weighted by Crippen LogP contribution is 2.10. The van der Waals surface area contributed by atoms with Crippen molar-refractivity contribution in [1.29, 1.82) is 5.41 Å². The van der Waals surface area contributed by atoms with E-state index in [9.17, 15) is 8.42 Å². The lowest BCUT2D eigenvalue weighted by atomic mass is 10.00. The summed E-state index contributed by atoms with van der Waals surface area (Å²) >= 11 is 0. The van der Waals surface area contributed by atoms with Gasteiger partial charge in [0.2, 0.25) is 10.0 Å². The van der Waals surface area contributed by atoms with Gasteiger partial charge in [0.25, 0.3) is 0 Å². The molecular weight excluding hydrogens is 190 g/mol. The van der Waals surface area contributed by atoms with Crippen LogP contribution in [0.1, 0.15) is 27.2 Å². The van der Waals surface area contributed by atoms with Crippen molar-refractivity contribution in [2.45, 2.75) is 32.7 Å². The monoisotopic (exact) mass is 207 g/mol. The van der Waals surface area contributed by atoms with Gasteiger partial charge in [0.05, 0.1) is 11.3 Å². The average molecular weight is 207 g/mol. The van der Waals surface area contributed by atoms with E-state index in [1.165, 1.54) is 0 Å². The summed E-state index contributed by atoms with van der Waals surface area (Å²) in [5.41, 5.74) is 4.35. The van der Waals surface area contributed by atoms with E-state index in [-0.39, 0.29) is 11.6 Å². The Morgan fingerprint density at radius 2 is 2.00 bits per heavy atom. The molecule has 0 aliphatic heterocycles. The van der Waals surface area contributed by atoms with Crippen LogP contribution in [0.4, 0.5) is 0 Å². The molecule has 0 aromatic rings. The highest BCUT2D eigenvalue weighted by molar-refractivity contribution is 7.89. The molecular formula is C7H17N3O2S. The zero-order chi connectivity index (χ0) is 10.7. The number of nitrogens with two attached hydrogens (primary N) is 1. The number of nitrogens with one attached hydrogen (secondary N) is 2. The predicted molar refractivity (Wildman–Crippen MR) is 53.2 cm³/mol. The van der Waals surface area contributed by atoms with Gasteiger partial charge in [0.1, 0.15) is 5.84 Å². The van der Waals surface area contributed by atoms with Crippen LogP contribution in [0.15, 0.2) is 0 Å². The van der Waals surface area contributed by atoms with Gasteiger partial charge in [0, 0.05) is 0 Å². The Labute approximate surface area is 79.3 Å². The van der Waals surface area contributed by atoms with Crippen LogP contribution in [0.5, 0.6) is 0 Å². The minimum Gasteiger partial charge on any atom is -0.386 e. The summed E-state index contributed by atoms with van der Waals surface area (Å²) in [5, 5.41) is 7.25. The molecule has 0 saturated carbocycles. The van der Waals surface area contributed by atoms with Gasteiger partial charge in [-0.15, -0.1) is 0 Å². The SMILES string of the molecule is CCC(C)(NS(=O)(=O)CC)C(=N)N. The summed E-state index contributed by atoms with van der Waals surface area (Å²) < 4.78 is 24.8. The van der Waals surface area contributed by atoms with Gasteiger partial charge in [-0.3, -0.25) is 5.41 Å². The van der Waals surface area contributed by atoms with Crippen LogP contribution >= 0.6 is 0 Å². The molecule has 0 bridgehead atoms. The lowest BCUT2D eigenvalue weighted by molar-refractivity contribution is 0.506. The lowest BCUT2D eigenvalue weighted by Crippen LogP contribution is -2.54.